The zero-order valence-electron chi connectivity index (χ0n) is 7.82. The Labute approximate surface area is 98.2 Å². The van der Waals surface area contributed by atoms with Gasteiger partial charge in [-0.2, -0.15) is 0 Å². The van der Waals surface area contributed by atoms with E-state index in [-0.39, 0.29) is 19.5 Å². The number of tetrazole rings is 1. The molecular formula is C7H7N6OZn-. The summed E-state index contributed by atoms with van der Waals surface area (Å²) in [5, 5.41) is 12.7. The number of pyridine rings is 1. The molecule has 0 radical (unpaired) electrons. The van der Waals surface area contributed by atoms with Gasteiger partial charge in [0.1, 0.15) is 0 Å². The van der Waals surface area contributed by atoms with E-state index in [1.807, 2.05) is 0 Å². The van der Waals surface area contributed by atoms with Crippen LogP contribution in [0.25, 0.3) is 0 Å². The monoisotopic (exact) mass is 255 g/mol. The first-order valence-corrected chi connectivity index (χ1v) is 3.62. The summed E-state index contributed by atoms with van der Waals surface area (Å²) in [5.74, 6) is -0.419. The maximum Gasteiger partial charge on any atom is 0.248 e. The van der Waals surface area contributed by atoms with Crippen molar-refractivity contribution in [3.8, 4) is 0 Å². The van der Waals surface area contributed by atoms with E-state index in [0.717, 1.165) is 0 Å². The van der Waals surface area contributed by atoms with Crippen LogP contribution in [-0.2, 0) is 19.5 Å². The largest absolute Gasteiger partial charge is 0.366 e. The molecule has 0 spiro atoms. The van der Waals surface area contributed by atoms with Gasteiger partial charge in [-0.05, 0) is 12.1 Å². The Hall–Kier alpha value is -1.69. The van der Waals surface area contributed by atoms with E-state index in [2.05, 4.69) is 25.6 Å². The van der Waals surface area contributed by atoms with Crippen molar-refractivity contribution in [3.05, 3.63) is 36.4 Å². The second-order valence-corrected chi connectivity index (χ2v) is 2.13. The molecule has 0 unspecified atom stereocenters. The van der Waals surface area contributed by atoms with Crippen molar-refractivity contribution in [3.63, 3.8) is 0 Å². The summed E-state index contributed by atoms with van der Waals surface area (Å²) in [6.07, 6.45) is 4.33. The summed E-state index contributed by atoms with van der Waals surface area (Å²) >= 11 is 0. The molecule has 2 rings (SSSR count). The Bertz CT molecular complexity index is 347. The van der Waals surface area contributed by atoms with Crippen LogP contribution >= 0.6 is 0 Å². The van der Waals surface area contributed by atoms with Crippen molar-refractivity contribution < 1.29 is 24.3 Å². The molecule has 0 aliphatic carbocycles. The van der Waals surface area contributed by atoms with Crippen LogP contribution in [0.2, 0.25) is 0 Å². The van der Waals surface area contributed by atoms with Crippen LogP contribution in [0, 0.1) is 0 Å². The number of nitrogens with zero attached hydrogens (tertiary/aromatic N) is 5. The van der Waals surface area contributed by atoms with Gasteiger partial charge in [0.2, 0.25) is 5.91 Å². The Morgan fingerprint density at radius 1 is 1.20 bits per heavy atom. The first-order chi connectivity index (χ1) is 6.80. The fraction of sp³-hybridized carbons (Fsp3) is 0. The molecule has 1 amide bonds. The SMILES string of the molecule is NC(=O)c1ccncc1.[Zn].[cH-]1nnnn1. The summed E-state index contributed by atoms with van der Waals surface area (Å²) in [6.45, 7) is 0. The summed E-state index contributed by atoms with van der Waals surface area (Å²) in [6, 6.07) is 3.14. The normalized spacial score (nSPS) is 8.00. The fourth-order valence-electron chi connectivity index (χ4n) is 0.632. The third-order valence-corrected chi connectivity index (χ3v) is 1.21. The number of primary amides is 1. The molecule has 2 aromatic rings. The summed E-state index contributed by atoms with van der Waals surface area (Å²) in [4.78, 5) is 14.1. The number of nitrogens with two attached hydrogens (primary N) is 1. The smallest absolute Gasteiger partial charge is 0.248 e. The molecule has 0 saturated heterocycles. The van der Waals surface area contributed by atoms with Gasteiger partial charge in [-0.3, -0.25) is 9.78 Å². The predicted molar refractivity (Wildman–Crippen MR) is 46.0 cm³/mol. The Kier molecular flexibility index (Phi) is 6.83. The van der Waals surface area contributed by atoms with Crippen LogP contribution in [0.15, 0.2) is 30.9 Å². The molecule has 74 valence electrons. The Balaban J connectivity index is 0.000000280. The number of rotatable bonds is 1. The minimum Gasteiger partial charge on any atom is -0.366 e. The van der Waals surface area contributed by atoms with E-state index < -0.39 is 5.91 Å². The van der Waals surface area contributed by atoms with Gasteiger partial charge in [-0.15, -0.1) is 6.33 Å². The molecule has 2 N–H and O–H groups in total. The van der Waals surface area contributed by atoms with Crippen LogP contribution in [0.4, 0.5) is 0 Å². The van der Waals surface area contributed by atoms with Gasteiger partial charge in [0.15, 0.2) is 0 Å². The second kappa shape index (κ2) is 7.69. The zero-order chi connectivity index (χ0) is 10.2. The predicted octanol–water partition coefficient (Wildman–Crippen LogP) is -0.837. The maximum absolute atomic E-state index is 10.4. The van der Waals surface area contributed by atoms with Crippen molar-refractivity contribution in [1.82, 2.24) is 25.6 Å². The Morgan fingerprint density at radius 3 is 2.00 bits per heavy atom. The number of hydrogen-bond acceptors (Lipinski definition) is 6. The molecule has 0 aliphatic heterocycles. The van der Waals surface area contributed by atoms with Gasteiger partial charge in [-0.1, -0.05) is 10.4 Å². The first kappa shape index (κ1) is 13.3. The third kappa shape index (κ3) is 5.59. The van der Waals surface area contributed by atoms with Gasteiger partial charge in [0.05, 0.1) is 0 Å². The van der Waals surface area contributed by atoms with E-state index >= 15 is 0 Å². The minimum absolute atomic E-state index is 0. The molecule has 0 saturated carbocycles. The number of hydrogen-bond donors (Lipinski definition) is 1. The summed E-state index contributed by atoms with van der Waals surface area (Å²) in [5.41, 5.74) is 5.44. The van der Waals surface area contributed by atoms with Crippen molar-refractivity contribution >= 4 is 5.91 Å². The van der Waals surface area contributed by atoms with E-state index in [1.165, 1.54) is 18.7 Å². The van der Waals surface area contributed by atoms with Crippen LogP contribution in [0.3, 0.4) is 0 Å². The zero-order valence-corrected chi connectivity index (χ0v) is 10.8. The molecule has 2 aromatic heterocycles. The van der Waals surface area contributed by atoms with Crippen molar-refractivity contribution in [2.24, 2.45) is 5.73 Å². The van der Waals surface area contributed by atoms with E-state index in [0.29, 0.717) is 5.56 Å². The van der Waals surface area contributed by atoms with Crippen molar-refractivity contribution in [2.75, 3.05) is 0 Å². The molecule has 0 aromatic carbocycles. The fourth-order valence-corrected chi connectivity index (χ4v) is 0.632. The molecule has 8 heteroatoms. The van der Waals surface area contributed by atoms with Gasteiger partial charge in [0, 0.05) is 37.4 Å². The third-order valence-electron chi connectivity index (χ3n) is 1.21. The maximum atomic E-state index is 10.4. The minimum atomic E-state index is -0.419. The van der Waals surface area contributed by atoms with Crippen LogP contribution in [0.5, 0.6) is 0 Å². The van der Waals surface area contributed by atoms with Gasteiger partial charge in [-0.25, -0.2) is 0 Å². The molecular weight excluding hydrogens is 250 g/mol. The topological polar surface area (TPSA) is 108 Å². The Morgan fingerprint density at radius 2 is 1.73 bits per heavy atom. The van der Waals surface area contributed by atoms with Crippen molar-refractivity contribution in [2.45, 2.75) is 0 Å². The molecule has 0 aliphatic rings. The number of carbonyl (C=O) groups is 1. The van der Waals surface area contributed by atoms with Gasteiger partial charge < -0.3 is 15.9 Å². The molecule has 0 fully saturated rings. The molecule has 0 atom stereocenters. The summed E-state index contributed by atoms with van der Waals surface area (Å²) in [7, 11) is 0. The standard InChI is InChI=1S/C6H6N2O.CHN4.Zn/c7-6(9)5-1-3-8-4-2-5;1-2-4-5-3-1;/h1-4H,(H2,7,9);1H;/q;-1;. The van der Waals surface area contributed by atoms with Gasteiger partial charge in [0.25, 0.3) is 0 Å². The number of carbonyl (C=O) groups excluding carboxylic acids is 1. The molecule has 0 bridgehead atoms. The van der Waals surface area contributed by atoms with E-state index in [1.54, 1.807) is 12.1 Å². The van der Waals surface area contributed by atoms with Crippen LogP contribution in [0.1, 0.15) is 10.4 Å². The van der Waals surface area contributed by atoms with Crippen molar-refractivity contribution in [1.29, 1.82) is 0 Å². The second-order valence-electron chi connectivity index (χ2n) is 2.13. The molecule has 7 nitrogen and oxygen atoms in total. The van der Waals surface area contributed by atoms with E-state index in [9.17, 15) is 4.79 Å². The van der Waals surface area contributed by atoms with E-state index in [4.69, 9.17) is 5.73 Å². The quantitative estimate of drug-likeness (QED) is 0.527. The molecule has 2 heterocycles. The molecule has 15 heavy (non-hydrogen) atoms. The average Bonchev–Trinajstić information content (AvgIpc) is 2.77. The number of aromatic nitrogens is 5. The first-order valence-electron chi connectivity index (χ1n) is 3.62. The average molecular weight is 257 g/mol. The van der Waals surface area contributed by atoms with Crippen LogP contribution < -0.4 is 5.73 Å². The van der Waals surface area contributed by atoms with Gasteiger partial charge >= 0.3 is 0 Å². The number of amides is 1. The van der Waals surface area contributed by atoms with Crippen LogP contribution in [-0.4, -0.2) is 31.5 Å². The summed E-state index contributed by atoms with van der Waals surface area (Å²) < 4.78 is 0.